The second-order valence-electron chi connectivity index (χ2n) is 4.17. The van der Waals surface area contributed by atoms with Gasteiger partial charge < -0.3 is 5.11 Å². The van der Waals surface area contributed by atoms with Gasteiger partial charge in [0, 0.05) is 5.92 Å². The fraction of sp³-hybridized carbons (Fsp3) is 0.800. The van der Waals surface area contributed by atoms with Crippen LogP contribution in [0.3, 0.4) is 0 Å². The van der Waals surface area contributed by atoms with Gasteiger partial charge in [0.15, 0.2) is 0 Å². The molecule has 0 rings (SSSR count). The van der Waals surface area contributed by atoms with Crippen LogP contribution in [0.25, 0.3) is 0 Å². The highest BCUT2D eigenvalue weighted by Gasteiger charge is 2.72. The Kier molecular flexibility index (Phi) is 4.32. The topological polar surface area (TPSA) is 20.2 Å². The molecule has 0 spiro atoms. The summed E-state index contributed by atoms with van der Waals surface area (Å²) >= 11 is 0. The number of alkyl halides is 6. The van der Waals surface area contributed by atoms with Gasteiger partial charge in [-0.1, -0.05) is 18.1 Å². The summed E-state index contributed by atoms with van der Waals surface area (Å²) in [6.45, 7) is 4.63. The maximum atomic E-state index is 12.5. The lowest BCUT2D eigenvalue weighted by Crippen LogP contribution is -2.61. The number of rotatable bonds is 2. The maximum absolute atomic E-state index is 12.5. The summed E-state index contributed by atoms with van der Waals surface area (Å²) in [4.78, 5) is 0. The first kappa shape index (κ1) is 16.3. The van der Waals surface area contributed by atoms with Crippen LogP contribution in [0.4, 0.5) is 26.3 Å². The van der Waals surface area contributed by atoms with Gasteiger partial charge >= 0.3 is 12.4 Å². The zero-order chi connectivity index (χ0) is 14.2. The van der Waals surface area contributed by atoms with Crippen LogP contribution < -0.4 is 0 Å². The SMILES string of the molecule is CC(C)=C(C)C(C)C(O)(C(F)(F)F)C(F)(F)F. The predicted octanol–water partition coefficient (Wildman–Crippen LogP) is 3.83. The minimum Gasteiger partial charge on any atom is -0.373 e. The largest absolute Gasteiger partial charge is 0.426 e. The summed E-state index contributed by atoms with van der Waals surface area (Å²) in [5.41, 5.74) is -4.55. The summed E-state index contributed by atoms with van der Waals surface area (Å²) in [6, 6.07) is 0. The van der Waals surface area contributed by atoms with Crippen molar-refractivity contribution in [3.63, 3.8) is 0 Å². The summed E-state index contributed by atoms with van der Waals surface area (Å²) in [6.07, 6.45) is -11.6. The Labute approximate surface area is 95.1 Å². The van der Waals surface area contributed by atoms with Gasteiger partial charge in [0.05, 0.1) is 0 Å². The molecule has 0 heterocycles. The van der Waals surface area contributed by atoms with Gasteiger partial charge in [0.2, 0.25) is 0 Å². The van der Waals surface area contributed by atoms with Gasteiger partial charge in [-0.3, -0.25) is 0 Å². The van der Waals surface area contributed by atoms with Crippen LogP contribution >= 0.6 is 0 Å². The van der Waals surface area contributed by atoms with E-state index in [9.17, 15) is 26.3 Å². The third-order valence-electron chi connectivity index (χ3n) is 2.93. The fourth-order valence-electron chi connectivity index (χ4n) is 1.40. The molecule has 0 aliphatic carbocycles. The van der Waals surface area contributed by atoms with Crippen molar-refractivity contribution < 1.29 is 31.4 Å². The molecule has 7 heteroatoms. The molecule has 1 atom stereocenters. The Morgan fingerprint density at radius 2 is 1.18 bits per heavy atom. The van der Waals surface area contributed by atoms with E-state index in [1.165, 1.54) is 13.8 Å². The van der Waals surface area contributed by atoms with Crippen molar-refractivity contribution in [2.75, 3.05) is 0 Å². The summed E-state index contributed by atoms with van der Waals surface area (Å²) < 4.78 is 74.9. The molecule has 0 aromatic heterocycles. The van der Waals surface area contributed by atoms with E-state index in [0.29, 0.717) is 12.5 Å². The van der Waals surface area contributed by atoms with Crippen LogP contribution in [0.5, 0.6) is 0 Å². The first-order valence-electron chi connectivity index (χ1n) is 4.76. The Bertz CT molecular complexity index is 294. The highest BCUT2D eigenvalue weighted by molar-refractivity contribution is 5.17. The van der Waals surface area contributed by atoms with Crippen LogP contribution in [-0.4, -0.2) is 23.1 Å². The smallest absolute Gasteiger partial charge is 0.373 e. The van der Waals surface area contributed by atoms with E-state index < -0.39 is 23.9 Å². The Morgan fingerprint density at radius 3 is 1.35 bits per heavy atom. The lowest BCUT2D eigenvalue weighted by atomic mass is 9.81. The second kappa shape index (κ2) is 4.51. The fourth-order valence-corrected chi connectivity index (χ4v) is 1.40. The first-order chi connectivity index (χ1) is 7.26. The van der Waals surface area contributed by atoms with E-state index in [-0.39, 0.29) is 5.57 Å². The van der Waals surface area contributed by atoms with Crippen LogP contribution in [0, 0.1) is 5.92 Å². The van der Waals surface area contributed by atoms with Crippen molar-refractivity contribution >= 4 is 0 Å². The molecule has 0 aliphatic heterocycles. The third-order valence-corrected chi connectivity index (χ3v) is 2.93. The quantitative estimate of drug-likeness (QED) is 0.593. The molecule has 0 saturated heterocycles. The molecule has 0 radical (unpaired) electrons. The molecule has 0 aromatic rings. The third kappa shape index (κ3) is 2.75. The van der Waals surface area contributed by atoms with Crippen molar-refractivity contribution in [3.05, 3.63) is 11.1 Å². The molecular weight excluding hydrogens is 250 g/mol. The lowest BCUT2D eigenvalue weighted by Gasteiger charge is -2.38. The average molecular weight is 264 g/mol. The van der Waals surface area contributed by atoms with E-state index in [4.69, 9.17) is 5.11 Å². The standard InChI is InChI=1S/C10H14F6O/c1-5(2)6(3)7(4)8(17,9(11,12)13)10(14,15)16/h7,17H,1-4H3. The Balaban J connectivity index is 5.78. The molecule has 17 heavy (non-hydrogen) atoms. The minimum atomic E-state index is -5.78. The number of hydrogen-bond acceptors (Lipinski definition) is 1. The summed E-state index contributed by atoms with van der Waals surface area (Å²) in [5, 5.41) is 9.09. The molecule has 0 fully saturated rings. The van der Waals surface area contributed by atoms with Gasteiger partial charge in [-0.15, -0.1) is 0 Å². The van der Waals surface area contributed by atoms with Crippen LogP contribution in [0.15, 0.2) is 11.1 Å². The number of allylic oxidation sites excluding steroid dienone is 1. The minimum absolute atomic E-state index is 0.137. The van der Waals surface area contributed by atoms with Gasteiger partial charge in [-0.2, -0.15) is 26.3 Å². The summed E-state index contributed by atoms with van der Waals surface area (Å²) in [7, 11) is 0. The first-order valence-corrected chi connectivity index (χ1v) is 4.76. The average Bonchev–Trinajstić information content (AvgIpc) is 2.10. The zero-order valence-corrected chi connectivity index (χ0v) is 9.79. The normalized spacial score (nSPS) is 15.7. The van der Waals surface area contributed by atoms with Crippen molar-refractivity contribution in [3.8, 4) is 0 Å². The number of aliphatic hydroxyl groups is 1. The molecular formula is C10H14F6O. The Hall–Kier alpha value is -0.720. The van der Waals surface area contributed by atoms with Crippen molar-refractivity contribution in [1.29, 1.82) is 0 Å². The molecule has 0 amide bonds. The summed E-state index contributed by atoms with van der Waals surface area (Å²) in [5.74, 6) is -2.09. The molecule has 0 bridgehead atoms. The van der Waals surface area contributed by atoms with Gasteiger partial charge in [-0.05, 0) is 20.8 Å². The van der Waals surface area contributed by atoms with Crippen LogP contribution in [-0.2, 0) is 0 Å². The molecule has 0 aliphatic rings. The maximum Gasteiger partial charge on any atom is 0.426 e. The van der Waals surface area contributed by atoms with Gasteiger partial charge in [-0.25, -0.2) is 0 Å². The highest BCUT2D eigenvalue weighted by Crippen LogP contribution is 2.49. The number of halogens is 6. The molecule has 1 nitrogen and oxygen atoms in total. The predicted molar refractivity (Wildman–Crippen MR) is 50.3 cm³/mol. The highest BCUT2D eigenvalue weighted by atomic mass is 19.4. The van der Waals surface area contributed by atoms with Gasteiger partial charge in [0.1, 0.15) is 0 Å². The van der Waals surface area contributed by atoms with E-state index >= 15 is 0 Å². The van der Waals surface area contributed by atoms with E-state index in [2.05, 4.69) is 0 Å². The second-order valence-corrected chi connectivity index (χ2v) is 4.17. The molecule has 1 unspecified atom stereocenters. The zero-order valence-electron chi connectivity index (χ0n) is 9.79. The van der Waals surface area contributed by atoms with E-state index in [1.807, 2.05) is 0 Å². The van der Waals surface area contributed by atoms with Crippen molar-refractivity contribution in [2.45, 2.75) is 45.6 Å². The van der Waals surface area contributed by atoms with Crippen molar-refractivity contribution in [1.82, 2.24) is 0 Å². The van der Waals surface area contributed by atoms with E-state index in [1.54, 1.807) is 0 Å². The van der Waals surface area contributed by atoms with E-state index in [0.717, 1.165) is 6.92 Å². The monoisotopic (exact) mass is 264 g/mol. The molecule has 0 aromatic carbocycles. The Morgan fingerprint density at radius 1 is 0.882 bits per heavy atom. The molecule has 0 saturated carbocycles. The van der Waals surface area contributed by atoms with Crippen LogP contribution in [0.2, 0.25) is 0 Å². The van der Waals surface area contributed by atoms with Gasteiger partial charge in [0.25, 0.3) is 5.60 Å². The van der Waals surface area contributed by atoms with Crippen molar-refractivity contribution in [2.24, 2.45) is 5.92 Å². The molecule has 102 valence electrons. The molecule has 1 N–H and O–H groups in total. The van der Waals surface area contributed by atoms with Crippen LogP contribution in [0.1, 0.15) is 27.7 Å². The lowest BCUT2D eigenvalue weighted by molar-refractivity contribution is -0.379. The number of hydrogen-bond donors (Lipinski definition) is 1.